The molecule has 8 unspecified atom stereocenters. The van der Waals surface area contributed by atoms with E-state index >= 15 is 0 Å². The number of amides is 4. The summed E-state index contributed by atoms with van der Waals surface area (Å²) in [7, 11) is 8.16. The predicted octanol–water partition coefficient (Wildman–Crippen LogP) is 3.11. The molecule has 0 saturated carbocycles. The van der Waals surface area contributed by atoms with Gasteiger partial charge in [0.05, 0.1) is 55.8 Å². The third kappa shape index (κ3) is 11.3. The summed E-state index contributed by atoms with van der Waals surface area (Å²) >= 11 is 1.61. The van der Waals surface area contributed by atoms with Crippen LogP contribution >= 0.6 is 11.3 Å². The molecule has 8 atom stereocenters. The van der Waals surface area contributed by atoms with Crippen molar-refractivity contribution in [2.24, 2.45) is 11.8 Å². The quantitative estimate of drug-likeness (QED) is 0.189. The number of nitrogens with zero attached hydrogens (tertiary/aromatic N) is 3. The molecule has 12 nitrogen and oxygen atoms in total. The van der Waals surface area contributed by atoms with Crippen molar-refractivity contribution in [2.75, 3.05) is 55.1 Å². The van der Waals surface area contributed by atoms with Gasteiger partial charge in [-0.1, -0.05) is 63.6 Å². The van der Waals surface area contributed by atoms with Crippen LogP contribution < -0.4 is 10.6 Å². The Morgan fingerprint density at radius 3 is 2.29 bits per heavy atom. The van der Waals surface area contributed by atoms with E-state index in [0.717, 1.165) is 23.3 Å². The van der Waals surface area contributed by atoms with Gasteiger partial charge in [0.2, 0.25) is 23.6 Å². The summed E-state index contributed by atoms with van der Waals surface area (Å²) in [5, 5.41) is 17.5. The van der Waals surface area contributed by atoms with Crippen molar-refractivity contribution in [1.29, 1.82) is 0 Å². The summed E-state index contributed by atoms with van der Waals surface area (Å²) in [6, 6.07) is 12.4. The predicted molar refractivity (Wildman–Crippen MR) is 199 cm³/mol. The van der Waals surface area contributed by atoms with Gasteiger partial charge in [-0.2, -0.15) is 0 Å². The minimum atomic E-state index is -0.771. The summed E-state index contributed by atoms with van der Waals surface area (Å²) in [5.41, 5.74) is 1.12. The van der Waals surface area contributed by atoms with Crippen molar-refractivity contribution in [1.82, 2.24) is 25.3 Å². The Balaban J connectivity index is 1.72. The molecular formula is C38H59N5O7S. The van der Waals surface area contributed by atoms with Crippen molar-refractivity contribution in [2.45, 2.75) is 89.3 Å². The Hall–Kier alpha value is -3.36. The Bertz CT molecular complexity index is 1380. The van der Waals surface area contributed by atoms with Gasteiger partial charge in [0.25, 0.3) is 0 Å². The van der Waals surface area contributed by atoms with E-state index < -0.39 is 36.1 Å². The monoisotopic (exact) mass is 729 g/mol. The van der Waals surface area contributed by atoms with E-state index in [1.54, 1.807) is 56.5 Å². The number of carbonyl (C=O) groups excluding carboxylic acids is 4. The largest absolute Gasteiger partial charge is 0.394 e. The van der Waals surface area contributed by atoms with E-state index in [1.807, 2.05) is 61.4 Å². The molecule has 284 valence electrons. The summed E-state index contributed by atoms with van der Waals surface area (Å²) in [5.74, 6) is -1.59. The van der Waals surface area contributed by atoms with Gasteiger partial charge in [-0.25, -0.2) is 0 Å². The van der Waals surface area contributed by atoms with Crippen LogP contribution in [0.3, 0.4) is 0 Å². The minimum absolute atomic E-state index is 0.0173. The first-order chi connectivity index (χ1) is 24.4. The first-order valence-electron chi connectivity index (χ1n) is 17.9. The number of hydrogen-bond acceptors (Lipinski definition) is 9. The van der Waals surface area contributed by atoms with Crippen LogP contribution in [0.4, 0.5) is 0 Å². The first kappa shape index (κ1) is 42.1. The molecule has 1 saturated heterocycles. The van der Waals surface area contributed by atoms with E-state index in [9.17, 15) is 24.3 Å². The number of aliphatic hydroxyl groups is 1. The molecule has 1 aromatic heterocycles. The highest BCUT2D eigenvalue weighted by atomic mass is 32.1. The second kappa shape index (κ2) is 20.6. The van der Waals surface area contributed by atoms with E-state index in [0.29, 0.717) is 19.4 Å². The second-order valence-electron chi connectivity index (χ2n) is 13.8. The molecule has 2 heterocycles. The fourth-order valence-corrected chi connectivity index (χ4v) is 7.85. The number of methoxy groups -OCH3 is 2. The lowest BCUT2D eigenvalue weighted by atomic mass is 9.90. The standard InChI is InChI=1S/C38H59N5O7S/c1-9-25(2)35(42(6)34(46)23-39-38(48)30(24-44)41(4)5)31(49-7)22-33(45)43-19-13-17-29(43)36(50-8)26(3)37(47)40-28(32-18-14-20-51-32)21-27-15-11-10-12-16-27/h10-12,14-16,18,20,25-26,28-31,35-36,44H,9,13,17,19,21-24H2,1-8H3,(H,39,48)(H,40,47). The van der Waals surface area contributed by atoms with Crippen molar-refractivity contribution in [3.8, 4) is 0 Å². The zero-order valence-corrected chi connectivity index (χ0v) is 32.4. The highest BCUT2D eigenvalue weighted by molar-refractivity contribution is 7.10. The van der Waals surface area contributed by atoms with Crippen molar-refractivity contribution >= 4 is 35.0 Å². The zero-order chi connectivity index (χ0) is 37.7. The van der Waals surface area contributed by atoms with Crippen LogP contribution in [0, 0.1) is 11.8 Å². The van der Waals surface area contributed by atoms with Gasteiger partial charge in [0, 0.05) is 32.7 Å². The molecule has 2 aromatic rings. The fourth-order valence-electron chi connectivity index (χ4n) is 7.08. The summed E-state index contributed by atoms with van der Waals surface area (Å²) < 4.78 is 11.9. The molecule has 1 aromatic carbocycles. The number of thiophene rings is 1. The summed E-state index contributed by atoms with van der Waals surface area (Å²) in [6.07, 6.45) is 1.77. The molecule has 0 aliphatic carbocycles. The highest BCUT2D eigenvalue weighted by Gasteiger charge is 2.42. The third-order valence-electron chi connectivity index (χ3n) is 10.3. The Morgan fingerprint density at radius 2 is 1.73 bits per heavy atom. The second-order valence-corrected chi connectivity index (χ2v) is 14.8. The number of rotatable bonds is 20. The molecule has 0 radical (unpaired) electrons. The van der Waals surface area contributed by atoms with Gasteiger partial charge in [-0.3, -0.25) is 24.1 Å². The van der Waals surface area contributed by atoms with Crippen LogP contribution in [0.25, 0.3) is 0 Å². The molecule has 0 bridgehead atoms. The Kier molecular flexibility index (Phi) is 17.0. The zero-order valence-electron chi connectivity index (χ0n) is 31.5. The molecule has 4 amide bonds. The van der Waals surface area contributed by atoms with Crippen LogP contribution in [0.5, 0.6) is 0 Å². The number of likely N-dealkylation sites (tertiary alicyclic amines) is 1. The van der Waals surface area contributed by atoms with Gasteiger partial charge in [-0.05, 0) is 56.3 Å². The lowest BCUT2D eigenvalue weighted by molar-refractivity contribution is -0.146. The van der Waals surface area contributed by atoms with Gasteiger partial charge in [-0.15, -0.1) is 11.3 Å². The number of carbonyl (C=O) groups is 4. The fraction of sp³-hybridized carbons (Fsp3) is 0.632. The van der Waals surface area contributed by atoms with Crippen molar-refractivity contribution in [3.63, 3.8) is 0 Å². The molecule has 0 spiro atoms. The van der Waals surface area contributed by atoms with Gasteiger partial charge >= 0.3 is 0 Å². The van der Waals surface area contributed by atoms with Crippen LogP contribution in [-0.2, 0) is 35.1 Å². The van der Waals surface area contributed by atoms with E-state index in [1.165, 1.54) is 0 Å². The smallest absolute Gasteiger partial charge is 0.242 e. The molecule has 3 rings (SSSR count). The van der Waals surface area contributed by atoms with Crippen LogP contribution in [-0.4, -0.2) is 129 Å². The summed E-state index contributed by atoms with van der Waals surface area (Å²) in [6.45, 7) is 5.80. The van der Waals surface area contributed by atoms with Crippen LogP contribution in [0.2, 0.25) is 0 Å². The van der Waals surface area contributed by atoms with E-state index in [4.69, 9.17) is 9.47 Å². The number of aliphatic hydroxyl groups excluding tert-OH is 1. The maximum atomic E-state index is 14.1. The van der Waals surface area contributed by atoms with Gasteiger partial charge in [0.1, 0.15) is 6.04 Å². The number of likely N-dealkylation sites (N-methyl/N-ethyl adjacent to an activating group) is 2. The van der Waals surface area contributed by atoms with Gasteiger partial charge in [0.15, 0.2) is 0 Å². The lowest BCUT2D eigenvalue weighted by Gasteiger charge is -2.39. The molecule has 1 fully saturated rings. The van der Waals surface area contributed by atoms with Gasteiger partial charge < -0.3 is 35.0 Å². The molecular weight excluding hydrogens is 671 g/mol. The number of nitrogens with one attached hydrogen (secondary N) is 2. The highest BCUT2D eigenvalue weighted by Crippen LogP contribution is 2.30. The van der Waals surface area contributed by atoms with E-state index in [-0.39, 0.29) is 55.3 Å². The first-order valence-corrected chi connectivity index (χ1v) is 18.8. The average Bonchev–Trinajstić information content (AvgIpc) is 3.84. The molecule has 1 aliphatic rings. The maximum absolute atomic E-state index is 14.1. The van der Waals surface area contributed by atoms with Crippen molar-refractivity contribution in [3.05, 3.63) is 58.3 Å². The normalized spacial score (nSPS) is 18.7. The van der Waals surface area contributed by atoms with E-state index in [2.05, 4.69) is 22.8 Å². The average molecular weight is 730 g/mol. The Labute approximate surface area is 307 Å². The number of ether oxygens (including phenoxy) is 2. The minimum Gasteiger partial charge on any atom is -0.394 e. The number of benzene rings is 1. The number of hydrogen-bond donors (Lipinski definition) is 3. The van der Waals surface area contributed by atoms with Crippen molar-refractivity contribution < 1.29 is 33.8 Å². The molecule has 1 aliphatic heterocycles. The summed E-state index contributed by atoms with van der Waals surface area (Å²) in [4.78, 5) is 59.9. The topological polar surface area (TPSA) is 141 Å². The Morgan fingerprint density at radius 1 is 1.02 bits per heavy atom. The lowest BCUT2D eigenvalue weighted by Crippen LogP contribution is -2.55. The maximum Gasteiger partial charge on any atom is 0.242 e. The molecule has 13 heteroatoms. The third-order valence-corrected chi connectivity index (χ3v) is 11.3. The van der Waals surface area contributed by atoms with Crippen LogP contribution in [0.1, 0.15) is 62.9 Å². The van der Waals surface area contributed by atoms with Crippen LogP contribution in [0.15, 0.2) is 47.8 Å². The molecule has 3 N–H and O–H groups in total. The SMILES string of the molecule is CCC(C)C(C(CC(=O)N1CCCC1C(OC)C(C)C(=O)NC(Cc1ccccc1)c1cccs1)OC)N(C)C(=O)CNC(=O)C(CO)N(C)C. The molecule has 51 heavy (non-hydrogen) atoms.